The second kappa shape index (κ2) is 7.37. The molecule has 0 heterocycles. The van der Waals surface area contributed by atoms with Crippen LogP contribution in [0.25, 0.3) is 0 Å². The van der Waals surface area contributed by atoms with Gasteiger partial charge in [-0.2, -0.15) is 0 Å². The number of benzene rings is 1. The van der Waals surface area contributed by atoms with Gasteiger partial charge in [-0.15, -0.1) is 0 Å². The van der Waals surface area contributed by atoms with Gasteiger partial charge in [-0.05, 0) is 25.5 Å². The fourth-order valence-corrected chi connectivity index (χ4v) is 1.31. The fourth-order valence-electron chi connectivity index (χ4n) is 1.31. The van der Waals surface area contributed by atoms with Gasteiger partial charge in [0, 0.05) is 31.9 Å². The van der Waals surface area contributed by atoms with E-state index in [1.54, 1.807) is 38.4 Å². The molecule has 20 heavy (non-hydrogen) atoms. The Morgan fingerprint density at radius 1 is 1.35 bits per heavy atom. The van der Waals surface area contributed by atoms with Crippen LogP contribution in [0.2, 0.25) is 0 Å². The number of hydrogen-bond acceptors (Lipinski definition) is 3. The van der Waals surface area contributed by atoms with Crippen molar-refractivity contribution in [3.8, 4) is 5.75 Å². The van der Waals surface area contributed by atoms with Crippen LogP contribution in [0, 0.1) is 0 Å². The Bertz CT molecular complexity index is 474. The smallest absolute Gasteiger partial charge is 0.410 e. The van der Waals surface area contributed by atoms with Crippen molar-refractivity contribution in [1.29, 1.82) is 0 Å². The first kappa shape index (κ1) is 15.8. The molecule has 1 unspecified atom stereocenters. The van der Waals surface area contributed by atoms with Crippen molar-refractivity contribution < 1.29 is 14.3 Å². The molecular weight excluding hydrogens is 258 g/mol. The van der Waals surface area contributed by atoms with Crippen LogP contribution in [0.1, 0.15) is 20.3 Å². The molecule has 1 aromatic rings. The number of anilines is 1. The summed E-state index contributed by atoms with van der Waals surface area (Å²) >= 11 is 0. The molecule has 0 aromatic heterocycles. The lowest BCUT2D eigenvalue weighted by atomic mass is 10.3. The van der Waals surface area contributed by atoms with Crippen LogP contribution in [0.4, 0.5) is 15.3 Å². The van der Waals surface area contributed by atoms with E-state index in [-0.39, 0.29) is 12.1 Å². The molecule has 0 aliphatic heterocycles. The summed E-state index contributed by atoms with van der Waals surface area (Å²) in [4.78, 5) is 24.5. The maximum Gasteiger partial charge on any atom is 0.412 e. The molecule has 6 heteroatoms. The molecule has 2 N–H and O–H groups in total. The number of nitrogens with one attached hydrogen (secondary N) is 2. The minimum Gasteiger partial charge on any atom is -0.410 e. The van der Waals surface area contributed by atoms with Gasteiger partial charge in [0.15, 0.2) is 0 Å². The number of rotatable bonds is 4. The molecule has 0 fully saturated rings. The van der Waals surface area contributed by atoms with Gasteiger partial charge in [0.1, 0.15) is 5.75 Å². The minimum absolute atomic E-state index is 0.0547. The number of carbonyl (C=O) groups is 2. The first-order valence-corrected chi connectivity index (χ1v) is 6.49. The summed E-state index contributed by atoms with van der Waals surface area (Å²) in [6.45, 7) is 3.87. The molecule has 3 amide bonds. The zero-order valence-electron chi connectivity index (χ0n) is 12.3. The average Bonchev–Trinajstić information content (AvgIpc) is 2.38. The number of amides is 3. The highest BCUT2D eigenvalue weighted by Gasteiger charge is 2.09. The van der Waals surface area contributed by atoms with E-state index in [4.69, 9.17) is 4.74 Å². The van der Waals surface area contributed by atoms with E-state index >= 15 is 0 Å². The lowest BCUT2D eigenvalue weighted by Crippen LogP contribution is -2.34. The summed E-state index contributed by atoms with van der Waals surface area (Å²) in [5.41, 5.74) is 0.567. The van der Waals surface area contributed by atoms with Crippen molar-refractivity contribution in [3.63, 3.8) is 0 Å². The third kappa shape index (κ3) is 5.17. The van der Waals surface area contributed by atoms with E-state index < -0.39 is 6.09 Å². The van der Waals surface area contributed by atoms with Crippen LogP contribution in [-0.4, -0.2) is 37.2 Å². The largest absolute Gasteiger partial charge is 0.412 e. The van der Waals surface area contributed by atoms with Crippen molar-refractivity contribution in [2.75, 3.05) is 19.4 Å². The van der Waals surface area contributed by atoms with Crippen LogP contribution >= 0.6 is 0 Å². The van der Waals surface area contributed by atoms with E-state index in [2.05, 4.69) is 10.6 Å². The fraction of sp³-hybridized carbons (Fsp3) is 0.429. The lowest BCUT2D eigenvalue weighted by Gasteiger charge is -2.14. The Hall–Kier alpha value is -2.24. The van der Waals surface area contributed by atoms with E-state index in [1.807, 2.05) is 13.8 Å². The number of ether oxygens (including phenoxy) is 1. The molecule has 1 atom stereocenters. The quantitative estimate of drug-likeness (QED) is 0.890. The first-order valence-electron chi connectivity index (χ1n) is 6.49. The Balaban J connectivity index is 2.64. The summed E-state index contributed by atoms with van der Waals surface area (Å²) < 4.78 is 5.15. The van der Waals surface area contributed by atoms with E-state index in [1.165, 1.54) is 4.90 Å². The molecule has 0 spiro atoms. The van der Waals surface area contributed by atoms with Gasteiger partial charge in [0.25, 0.3) is 0 Å². The molecule has 1 rings (SSSR count). The Morgan fingerprint density at radius 2 is 2.05 bits per heavy atom. The highest BCUT2D eigenvalue weighted by molar-refractivity contribution is 5.89. The Kier molecular flexibility index (Phi) is 5.83. The van der Waals surface area contributed by atoms with Gasteiger partial charge in [-0.25, -0.2) is 9.59 Å². The Morgan fingerprint density at radius 3 is 2.65 bits per heavy atom. The average molecular weight is 279 g/mol. The van der Waals surface area contributed by atoms with Crippen molar-refractivity contribution in [1.82, 2.24) is 10.2 Å². The maximum atomic E-state index is 11.6. The van der Waals surface area contributed by atoms with E-state index in [0.717, 1.165) is 6.42 Å². The van der Waals surface area contributed by atoms with Gasteiger partial charge < -0.3 is 20.3 Å². The molecule has 6 nitrogen and oxygen atoms in total. The van der Waals surface area contributed by atoms with Crippen molar-refractivity contribution in [2.45, 2.75) is 26.3 Å². The monoisotopic (exact) mass is 279 g/mol. The van der Waals surface area contributed by atoms with Crippen LogP contribution in [0.15, 0.2) is 24.3 Å². The molecule has 0 saturated heterocycles. The predicted octanol–water partition coefficient (Wildman–Crippen LogP) is 2.67. The summed E-state index contributed by atoms with van der Waals surface area (Å²) in [5, 5.41) is 5.38. The summed E-state index contributed by atoms with van der Waals surface area (Å²) in [6, 6.07) is 6.49. The highest BCUT2D eigenvalue weighted by atomic mass is 16.6. The topological polar surface area (TPSA) is 70.7 Å². The van der Waals surface area contributed by atoms with Crippen LogP contribution in [0.3, 0.4) is 0 Å². The standard InChI is InChI=1S/C14H21N3O3/c1-5-10(2)15-14(19)20-12-8-6-7-11(9-12)16-13(18)17(3)4/h6-10H,5H2,1-4H3,(H,15,19)(H,16,18). The van der Waals surface area contributed by atoms with Crippen molar-refractivity contribution >= 4 is 17.8 Å². The van der Waals surface area contributed by atoms with Crippen LogP contribution in [0.5, 0.6) is 5.75 Å². The summed E-state index contributed by atoms with van der Waals surface area (Å²) in [5.74, 6) is 0.377. The van der Waals surface area contributed by atoms with Gasteiger partial charge >= 0.3 is 12.1 Å². The molecule has 1 aromatic carbocycles. The van der Waals surface area contributed by atoms with Crippen LogP contribution < -0.4 is 15.4 Å². The SMILES string of the molecule is CCC(C)NC(=O)Oc1cccc(NC(=O)N(C)C)c1. The second-order valence-electron chi connectivity index (χ2n) is 4.70. The maximum absolute atomic E-state index is 11.6. The number of carbonyl (C=O) groups excluding carboxylic acids is 2. The predicted molar refractivity (Wildman–Crippen MR) is 78.1 cm³/mol. The first-order chi connectivity index (χ1) is 9.42. The van der Waals surface area contributed by atoms with E-state index in [9.17, 15) is 9.59 Å². The Labute approximate surface area is 119 Å². The van der Waals surface area contributed by atoms with Crippen molar-refractivity contribution in [3.05, 3.63) is 24.3 Å². The number of urea groups is 1. The number of hydrogen-bond donors (Lipinski definition) is 2. The molecule has 0 radical (unpaired) electrons. The molecule has 110 valence electrons. The molecule has 0 saturated carbocycles. The zero-order chi connectivity index (χ0) is 15.1. The third-order valence-electron chi connectivity index (χ3n) is 2.68. The molecular formula is C14H21N3O3. The molecule has 0 aliphatic carbocycles. The van der Waals surface area contributed by atoms with Crippen molar-refractivity contribution in [2.24, 2.45) is 0 Å². The van der Waals surface area contributed by atoms with Crippen LogP contribution in [-0.2, 0) is 0 Å². The van der Waals surface area contributed by atoms with Gasteiger partial charge in [0.05, 0.1) is 0 Å². The normalized spacial score (nSPS) is 11.4. The van der Waals surface area contributed by atoms with Gasteiger partial charge in [0.2, 0.25) is 0 Å². The molecule has 0 bridgehead atoms. The minimum atomic E-state index is -0.504. The van der Waals surface area contributed by atoms with Gasteiger partial charge in [-0.1, -0.05) is 13.0 Å². The highest BCUT2D eigenvalue weighted by Crippen LogP contribution is 2.17. The zero-order valence-corrected chi connectivity index (χ0v) is 12.3. The lowest BCUT2D eigenvalue weighted by molar-refractivity contribution is 0.196. The third-order valence-corrected chi connectivity index (χ3v) is 2.68. The number of nitrogens with zero attached hydrogens (tertiary/aromatic N) is 1. The summed E-state index contributed by atoms with van der Waals surface area (Å²) in [7, 11) is 3.30. The van der Waals surface area contributed by atoms with Gasteiger partial charge in [-0.3, -0.25) is 0 Å². The van der Waals surface area contributed by atoms with E-state index in [0.29, 0.717) is 11.4 Å². The molecule has 0 aliphatic rings. The summed E-state index contributed by atoms with van der Waals surface area (Å²) in [6.07, 6.45) is 0.323. The second-order valence-corrected chi connectivity index (χ2v) is 4.70.